The molecule has 0 aliphatic rings. The van der Waals surface area contributed by atoms with Crippen molar-refractivity contribution < 1.29 is 9.59 Å². The zero-order chi connectivity index (χ0) is 14.2. The minimum Gasteiger partial charge on any atom is -0.286 e. The van der Waals surface area contributed by atoms with Crippen LogP contribution in [0.5, 0.6) is 0 Å². The third kappa shape index (κ3) is 4.18. The topological polar surface area (TPSA) is 34.1 Å². The fraction of sp³-hybridized carbons (Fsp3) is 0. The molecule has 2 aromatic carbocycles. The number of hydrogen-bond donors (Lipinski definition) is 0. The van der Waals surface area contributed by atoms with E-state index < -0.39 is 11.6 Å². The number of carbonyl (C=O) groups excluding carboxylic acids is 2. The molecule has 0 aliphatic carbocycles. The highest BCUT2D eigenvalue weighted by molar-refractivity contribution is 6.46. The highest BCUT2D eigenvalue weighted by atomic mass is 16.2. The maximum Gasteiger partial charge on any atom is 0.225 e. The molecule has 0 aromatic heterocycles. The van der Waals surface area contributed by atoms with Crippen molar-refractivity contribution in [2.45, 2.75) is 0 Å². The Hall–Kier alpha value is -2.74. The molecule has 0 radical (unpaired) electrons. The molecule has 98 valence electrons. The Bertz CT molecular complexity index is 578. The molecule has 0 atom stereocenters. The van der Waals surface area contributed by atoms with Crippen LogP contribution in [0.25, 0.3) is 12.2 Å². The van der Waals surface area contributed by atoms with Gasteiger partial charge in [0.15, 0.2) is 0 Å². The largest absolute Gasteiger partial charge is 0.286 e. The maximum atomic E-state index is 11.7. The minimum absolute atomic E-state index is 0.527. The van der Waals surface area contributed by atoms with Gasteiger partial charge in [0.25, 0.3) is 0 Å². The SMILES string of the molecule is O=C(/C=C\c1ccccc1)C(=O)/C=C\c1ccccc1. The van der Waals surface area contributed by atoms with Crippen LogP contribution < -0.4 is 0 Å². The monoisotopic (exact) mass is 262 g/mol. The molecule has 0 amide bonds. The number of carbonyl (C=O) groups is 2. The van der Waals surface area contributed by atoms with Gasteiger partial charge in [-0.15, -0.1) is 0 Å². The molecule has 0 N–H and O–H groups in total. The van der Waals surface area contributed by atoms with Crippen LogP contribution in [0.1, 0.15) is 11.1 Å². The van der Waals surface area contributed by atoms with E-state index >= 15 is 0 Å². The van der Waals surface area contributed by atoms with Gasteiger partial charge >= 0.3 is 0 Å². The lowest BCUT2D eigenvalue weighted by molar-refractivity contribution is -0.130. The van der Waals surface area contributed by atoms with E-state index in [1.165, 1.54) is 12.2 Å². The molecule has 0 fully saturated rings. The summed E-state index contributed by atoms with van der Waals surface area (Å²) in [6, 6.07) is 18.8. The first-order chi connectivity index (χ1) is 9.75. The summed E-state index contributed by atoms with van der Waals surface area (Å²) >= 11 is 0. The molecule has 0 saturated heterocycles. The van der Waals surface area contributed by atoms with Crippen molar-refractivity contribution in [2.24, 2.45) is 0 Å². The summed E-state index contributed by atoms with van der Waals surface area (Å²) < 4.78 is 0. The van der Waals surface area contributed by atoms with Crippen LogP contribution in [0.3, 0.4) is 0 Å². The van der Waals surface area contributed by atoms with E-state index in [1.54, 1.807) is 12.2 Å². The average Bonchev–Trinajstić information content (AvgIpc) is 2.52. The molecule has 0 heterocycles. The summed E-state index contributed by atoms with van der Waals surface area (Å²) in [6.07, 6.45) is 5.87. The highest BCUT2D eigenvalue weighted by Crippen LogP contribution is 2.03. The van der Waals surface area contributed by atoms with Crippen molar-refractivity contribution in [1.82, 2.24) is 0 Å². The Morgan fingerprint density at radius 1 is 0.600 bits per heavy atom. The molecule has 2 nitrogen and oxygen atoms in total. The Balaban J connectivity index is 1.98. The smallest absolute Gasteiger partial charge is 0.225 e. The summed E-state index contributed by atoms with van der Waals surface area (Å²) in [7, 11) is 0. The van der Waals surface area contributed by atoms with E-state index in [4.69, 9.17) is 0 Å². The lowest BCUT2D eigenvalue weighted by atomic mass is 10.1. The second-order valence-electron chi connectivity index (χ2n) is 4.22. The van der Waals surface area contributed by atoms with Crippen LogP contribution in [-0.4, -0.2) is 11.6 Å². The van der Waals surface area contributed by atoms with Crippen LogP contribution >= 0.6 is 0 Å². The van der Waals surface area contributed by atoms with Gasteiger partial charge in [0.1, 0.15) is 0 Å². The van der Waals surface area contributed by atoms with E-state index in [1.807, 2.05) is 60.7 Å². The summed E-state index contributed by atoms with van der Waals surface area (Å²) in [5.74, 6) is -1.05. The Morgan fingerprint density at radius 3 is 1.30 bits per heavy atom. The van der Waals surface area contributed by atoms with E-state index in [0.29, 0.717) is 0 Å². The van der Waals surface area contributed by atoms with Crippen LogP contribution in [0.15, 0.2) is 72.8 Å². The number of allylic oxidation sites excluding steroid dienone is 2. The molecule has 2 aromatic rings. The van der Waals surface area contributed by atoms with Crippen LogP contribution in [0.4, 0.5) is 0 Å². The number of benzene rings is 2. The molecule has 20 heavy (non-hydrogen) atoms. The van der Waals surface area contributed by atoms with Crippen molar-refractivity contribution in [3.63, 3.8) is 0 Å². The first-order valence-corrected chi connectivity index (χ1v) is 6.30. The van der Waals surface area contributed by atoms with Crippen molar-refractivity contribution in [1.29, 1.82) is 0 Å². The van der Waals surface area contributed by atoms with Gasteiger partial charge in [-0.25, -0.2) is 0 Å². The third-order valence-corrected chi connectivity index (χ3v) is 2.70. The van der Waals surface area contributed by atoms with E-state index in [2.05, 4.69) is 0 Å². The molecule has 0 unspecified atom stereocenters. The fourth-order valence-corrected chi connectivity index (χ4v) is 1.64. The van der Waals surface area contributed by atoms with Gasteiger partial charge in [-0.05, 0) is 23.3 Å². The highest BCUT2D eigenvalue weighted by Gasteiger charge is 2.05. The molecule has 0 saturated carbocycles. The van der Waals surface area contributed by atoms with Crippen molar-refractivity contribution in [3.8, 4) is 0 Å². The zero-order valence-corrected chi connectivity index (χ0v) is 10.9. The standard InChI is InChI=1S/C18H14O2/c19-17(13-11-15-7-3-1-4-8-15)18(20)14-12-16-9-5-2-6-10-16/h1-14H/b13-11-,14-12-. The summed E-state index contributed by atoms with van der Waals surface area (Å²) in [4.78, 5) is 23.3. The Morgan fingerprint density at radius 2 is 0.950 bits per heavy atom. The van der Waals surface area contributed by atoms with Gasteiger partial charge in [0.2, 0.25) is 11.6 Å². The lowest BCUT2D eigenvalue weighted by Crippen LogP contribution is -2.06. The van der Waals surface area contributed by atoms with Crippen molar-refractivity contribution in [3.05, 3.63) is 83.9 Å². The Labute approximate surface area is 118 Å². The van der Waals surface area contributed by atoms with Crippen LogP contribution in [-0.2, 0) is 9.59 Å². The molecule has 0 aliphatic heterocycles. The minimum atomic E-state index is -0.527. The number of rotatable bonds is 5. The van der Waals surface area contributed by atoms with Crippen LogP contribution in [0, 0.1) is 0 Å². The van der Waals surface area contributed by atoms with E-state index in [9.17, 15) is 9.59 Å². The quantitative estimate of drug-likeness (QED) is 0.610. The predicted octanol–water partition coefficient (Wildman–Crippen LogP) is 3.55. The molecule has 0 spiro atoms. The molecular weight excluding hydrogens is 248 g/mol. The zero-order valence-electron chi connectivity index (χ0n) is 10.9. The summed E-state index contributed by atoms with van der Waals surface area (Å²) in [6.45, 7) is 0. The van der Waals surface area contributed by atoms with E-state index in [0.717, 1.165) is 11.1 Å². The number of hydrogen-bond acceptors (Lipinski definition) is 2. The predicted molar refractivity (Wildman–Crippen MR) is 81.0 cm³/mol. The fourth-order valence-electron chi connectivity index (χ4n) is 1.64. The lowest BCUT2D eigenvalue weighted by Gasteiger charge is -1.92. The second kappa shape index (κ2) is 7.00. The summed E-state index contributed by atoms with van der Waals surface area (Å²) in [5, 5.41) is 0. The molecule has 2 heteroatoms. The first kappa shape index (κ1) is 13.7. The Kier molecular flexibility index (Phi) is 4.79. The van der Waals surface area contributed by atoms with Crippen molar-refractivity contribution >= 4 is 23.7 Å². The third-order valence-electron chi connectivity index (χ3n) is 2.70. The maximum absolute atomic E-state index is 11.7. The van der Waals surface area contributed by atoms with E-state index in [-0.39, 0.29) is 0 Å². The molecule has 0 bridgehead atoms. The van der Waals surface area contributed by atoms with Gasteiger partial charge in [-0.1, -0.05) is 72.8 Å². The second-order valence-corrected chi connectivity index (χ2v) is 4.22. The molecule has 2 rings (SSSR count). The van der Waals surface area contributed by atoms with Gasteiger partial charge < -0.3 is 0 Å². The first-order valence-electron chi connectivity index (χ1n) is 6.30. The van der Waals surface area contributed by atoms with Gasteiger partial charge in [-0.3, -0.25) is 9.59 Å². The number of ketones is 2. The van der Waals surface area contributed by atoms with Gasteiger partial charge in [-0.2, -0.15) is 0 Å². The van der Waals surface area contributed by atoms with Crippen molar-refractivity contribution in [2.75, 3.05) is 0 Å². The van der Waals surface area contributed by atoms with Gasteiger partial charge in [0.05, 0.1) is 0 Å². The average molecular weight is 262 g/mol. The normalized spacial score (nSPS) is 11.0. The van der Waals surface area contributed by atoms with Gasteiger partial charge in [0, 0.05) is 0 Å². The summed E-state index contributed by atoms with van der Waals surface area (Å²) in [5.41, 5.74) is 1.78. The van der Waals surface area contributed by atoms with Crippen LogP contribution in [0.2, 0.25) is 0 Å². The molecular formula is C18H14O2.